The van der Waals surface area contributed by atoms with E-state index in [9.17, 15) is 13.6 Å². The predicted octanol–water partition coefficient (Wildman–Crippen LogP) is 4.87. The first kappa shape index (κ1) is 23.5. The highest BCUT2D eigenvalue weighted by atomic mass is 19.3. The first-order valence-corrected chi connectivity index (χ1v) is 11.5. The van der Waals surface area contributed by atoms with Crippen molar-refractivity contribution in [2.75, 3.05) is 20.3 Å². The second-order valence-electron chi connectivity index (χ2n) is 9.30. The summed E-state index contributed by atoms with van der Waals surface area (Å²) in [6.45, 7) is 6.35. The van der Waals surface area contributed by atoms with Crippen LogP contribution >= 0.6 is 0 Å². The third-order valence-electron chi connectivity index (χ3n) is 6.55. The molecule has 0 aromatic heterocycles. The Hall–Kier alpha value is -2.67. The Bertz CT molecular complexity index is 986. The number of carbonyl (C=O) groups is 1. The molecule has 2 aliphatic rings. The van der Waals surface area contributed by atoms with Crippen LogP contribution in [0.4, 0.5) is 8.78 Å². The Morgan fingerprint density at radius 2 is 1.94 bits per heavy atom. The lowest BCUT2D eigenvalue weighted by Gasteiger charge is -2.35. The highest BCUT2D eigenvalue weighted by molar-refractivity contribution is 5.73. The van der Waals surface area contributed by atoms with Gasteiger partial charge in [0.15, 0.2) is 11.5 Å². The Kier molecular flexibility index (Phi) is 6.88. The van der Waals surface area contributed by atoms with Crippen molar-refractivity contribution in [1.82, 2.24) is 10.2 Å². The summed E-state index contributed by atoms with van der Waals surface area (Å²) in [5, 5.41) is 2.91. The molecule has 1 atom stereocenters. The average Bonchev–Trinajstić information content (AvgIpc) is 2.75. The summed E-state index contributed by atoms with van der Waals surface area (Å²) in [5.41, 5.74) is 4.66. The molecule has 1 amide bonds. The number of nitrogens with zero attached hydrogens (tertiary/aromatic N) is 1. The molecule has 5 nitrogen and oxygen atoms in total. The molecule has 33 heavy (non-hydrogen) atoms. The number of amides is 1. The molecule has 2 aromatic rings. The minimum Gasteiger partial charge on any atom is -0.493 e. The van der Waals surface area contributed by atoms with Crippen LogP contribution in [0.25, 0.3) is 0 Å². The van der Waals surface area contributed by atoms with Gasteiger partial charge in [-0.15, -0.1) is 0 Å². The van der Waals surface area contributed by atoms with Crippen LogP contribution < -0.4 is 14.8 Å². The molecule has 1 saturated carbocycles. The van der Waals surface area contributed by atoms with Gasteiger partial charge in [-0.3, -0.25) is 9.69 Å². The van der Waals surface area contributed by atoms with Crippen molar-refractivity contribution in [3.8, 4) is 11.5 Å². The maximum Gasteiger partial charge on any atom is 0.248 e. The summed E-state index contributed by atoms with van der Waals surface area (Å²) in [6, 6.07) is 12.3. The van der Waals surface area contributed by atoms with Crippen LogP contribution in [0, 0.1) is 5.92 Å². The fraction of sp³-hybridized carbons (Fsp3) is 0.500. The number of benzene rings is 2. The van der Waals surface area contributed by atoms with Crippen molar-refractivity contribution < 1.29 is 23.0 Å². The Labute approximate surface area is 194 Å². The summed E-state index contributed by atoms with van der Waals surface area (Å²) < 4.78 is 37.7. The van der Waals surface area contributed by atoms with Crippen molar-refractivity contribution in [2.45, 2.75) is 58.2 Å². The van der Waals surface area contributed by atoms with E-state index in [1.165, 1.54) is 18.1 Å². The first-order chi connectivity index (χ1) is 15.7. The molecule has 0 unspecified atom stereocenters. The normalized spacial score (nSPS) is 18.7. The molecule has 1 aliphatic carbocycles. The van der Waals surface area contributed by atoms with Crippen molar-refractivity contribution in [1.29, 1.82) is 0 Å². The zero-order valence-electron chi connectivity index (χ0n) is 19.5. The smallest absolute Gasteiger partial charge is 0.248 e. The maximum atomic E-state index is 13.1. The Morgan fingerprint density at radius 1 is 1.21 bits per heavy atom. The summed E-state index contributed by atoms with van der Waals surface area (Å²) in [6.07, 6.45) is 0.652. The first-order valence-electron chi connectivity index (χ1n) is 11.5. The molecule has 0 saturated heterocycles. The molecule has 1 N–H and O–H groups in total. The standard InChI is InChI=1S/C26H32F2N2O3/c1-17(29-18(2)31)21-6-4-19(5-7-21)14-30-11-10-23-22(15-30)8-9-24(25(23)32-3)33-16-20-12-26(27,28)13-20/h4-9,17,20H,10-16H2,1-3H3,(H,29,31)/t17-/m0/s1. The molecule has 7 heteroatoms. The number of hydrogen-bond donors (Lipinski definition) is 1. The monoisotopic (exact) mass is 458 g/mol. The number of alkyl halides is 2. The van der Waals surface area contributed by atoms with Gasteiger partial charge in [0.25, 0.3) is 0 Å². The van der Waals surface area contributed by atoms with E-state index in [0.29, 0.717) is 12.4 Å². The van der Waals surface area contributed by atoms with Gasteiger partial charge in [-0.25, -0.2) is 8.78 Å². The third kappa shape index (κ3) is 5.64. The highest BCUT2D eigenvalue weighted by Gasteiger charge is 2.45. The lowest BCUT2D eigenvalue weighted by molar-refractivity contribution is -0.120. The summed E-state index contributed by atoms with van der Waals surface area (Å²) in [4.78, 5) is 13.7. The number of halogens is 2. The quantitative estimate of drug-likeness (QED) is 0.613. The van der Waals surface area contributed by atoms with Gasteiger partial charge in [-0.2, -0.15) is 0 Å². The number of nitrogens with one attached hydrogen (secondary N) is 1. The lowest BCUT2D eigenvalue weighted by atomic mass is 9.82. The van der Waals surface area contributed by atoms with Gasteiger partial charge < -0.3 is 14.8 Å². The van der Waals surface area contributed by atoms with Gasteiger partial charge in [-0.1, -0.05) is 30.3 Å². The SMILES string of the molecule is COc1c(OCC2CC(F)(F)C2)ccc2c1CCN(Cc1ccc([C@H](C)NC(C)=O)cc1)C2. The van der Waals surface area contributed by atoms with E-state index in [2.05, 4.69) is 40.5 Å². The van der Waals surface area contributed by atoms with Gasteiger partial charge >= 0.3 is 0 Å². The van der Waals surface area contributed by atoms with Crippen LogP contribution in [-0.2, 0) is 24.3 Å². The highest BCUT2D eigenvalue weighted by Crippen LogP contribution is 2.43. The number of hydrogen-bond acceptors (Lipinski definition) is 4. The zero-order valence-corrected chi connectivity index (χ0v) is 19.5. The van der Waals surface area contributed by atoms with Gasteiger partial charge in [-0.05, 0) is 36.1 Å². The van der Waals surface area contributed by atoms with Crippen LogP contribution in [0.3, 0.4) is 0 Å². The molecule has 1 aliphatic heterocycles. The number of fused-ring (bicyclic) bond motifs is 1. The molecule has 2 aromatic carbocycles. The van der Waals surface area contributed by atoms with E-state index in [1.54, 1.807) is 7.11 Å². The Balaban J connectivity index is 1.37. The van der Waals surface area contributed by atoms with Crippen LogP contribution in [0.5, 0.6) is 11.5 Å². The van der Waals surface area contributed by atoms with Crippen molar-refractivity contribution in [3.05, 3.63) is 58.7 Å². The van der Waals surface area contributed by atoms with Gasteiger partial charge in [0.1, 0.15) is 0 Å². The predicted molar refractivity (Wildman–Crippen MR) is 123 cm³/mol. The van der Waals surface area contributed by atoms with E-state index in [-0.39, 0.29) is 30.7 Å². The van der Waals surface area contributed by atoms with E-state index in [4.69, 9.17) is 9.47 Å². The fourth-order valence-electron chi connectivity index (χ4n) is 4.80. The number of methoxy groups -OCH3 is 1. The zero-order chi connectivity index (χ0) is 23.6. The summed E-state index contributed by atoms with van der Waals surface area (Å²) in [5.74, 6) is -1.28. The minimum atomic E-state index is -2.53. The molecule has 1 heterocycles. The van der Waals surface area contributed by atoms with E-state index >= 15 is 0 Å². The molecule has 0 radical (unpaired) electrons. The fourth-order valence-corrected chi connectivity index (χ4v) is 4.80. The molecule has 0 bridgehead atoms. The van der Waals surface area contributed by atoms with E-state index in [0.717, 1.165) is 42.9 Å². The molecular weight excluding hydrogens is 426 g/mol. The third-order valence-corrected chi connectivity index (χ3v) is 6.55. The second kappa shape index (κ2) is 9.67. The van der Waals surface area contributed by atoms with Gasteiger partial charge in [0.2, 0.25) is 11.8 Å². The molecule has 0 spiro atoms. The average molecular weight is 459 g/mol. The largest absolute Gasteiger partial charge is 0.493 e. The molecule has 1 fully saturated rings. The Morgan fingerprint density at radius 3 is 2.58 bits per heavy atom. The van der Waals surface area contributed by atoms with Crippen LogP contribution in [0.15, 0.2) is 36.4 Å². The van der Waals surface area contributed by atoms with E-state index in [1.807, 2.05) is 13.0 Å². The maximum absolute atomic E-state index is 13.1. The molecular formula is C26H32F2N2O3. The second-order valence-corrected chi connectivity index (χ2v) is 9.30. The minimum absolute atomic E-state index is 0.0110. The van der Waals surface area contributed by atoms with Gasteiger partial charge in [0.05, 0.1) is 19.8 Å². The van der Waals surface area contributed by atoms with Crippen LogP contribution in [-0.4, -0.2) is 37.0 Å². The number of rotatable bonds is 8. The number of ether oxygens (including phenoxy) is 2. The van der Waals surface area contributed by atoms with Gasteiger partial charge in [0, 0.05) is 50.9 Å². The van der Waals surface area contributed by atoms with Crippen LogP contribution in [0.1, 0.15) is 55.0 Å². The molecule has 178 valence electrons. The lowest BCUT2D eigenvalue weighted by Crippen LogP contribution is -2.38. The van der Waals surface area contributed by atoms with Crippen LogP contribution in [0.2, 0.25) is 0 Å². The topological polar surface area (TPSA) is 50.8 Å². The number of carbonyl (C=O) groups excluding carboxylic acids is 1. The van der Waals surface area contributed by atoms with Crippen molar-refractivity contribution in [3.63, 3.8) is 0 Å². The van der Waals surface area contributed by atoms with Crippen molar-refractivity contribution >= 4 is 5.91 Å². The van der Waals surface area contributed by atoms with E-state index < -0.39 is 5.92 Å². The van der Waals surface area contributed by atoms with Crippen molar-refractivity contribution in [2.24, 2.45) is 5.92 Å². The summed E-state index contributed by atoms with van der Waals surface area (Å²) >= 11 is 0. The molecule has 4 rings (SSSR count). The summed E-state index contributed by atoms with van der Waals surface area (Å²) in [7, 11) is 1.63.